The fraction of sp³-hybridized carbons (Fsp3) is 0.500. The molecule has 3 heterocycles. The zero-order valence-corrected chi connectivity index (χ0v) is 23.9. The lowest BCUT2D eigenvalue weighted by atomic mass is 10.1. The molecule has 4 rings (SSSR count). The van der Waals surface area contributed by atoms with Crippen molar-refractivity contribution in [2.45, 2.75) is 25.0 Å². The summed E-state index contributed by atoms with van der Waals surface area (Å²) in [7, 11) is 1.59. The number of carbonyl (C=O) groups is 3. The molecule has 0 N–H and O–H groups in total. The van der Waals surface area contributed by atoms with Gasteiger partial charge in [-0.2, -0.15) is 0 Å². The zero-order valence-electron chi connectivity index (χ0n) is 22.3. The lowest BCUT2D eigenvalue weighted by molar-refractivity contribution is -0.129. The molecule has 2 aromatic rings. The smallest absolute Gasteiger partial charge is 0.409 e. The van der Waals surface area contributed by atoms with Crippen LogP contribution >= 0.6 is 23.4 Å². The number of hydrogen-bond acceptors (Lipinski definition) is 9. The average Bonchev–Trinajstić information content (AvgIpc) is 2.95. The van der Waals surface area contributed by atoms with E-state index in [1.807, 2.05) is 11.8 Å². The van der Waals surface area contributed by atoms with Gasteiger partial charge in [-0.05, 0) is 38.1 Å². The van der Waals surface area contributed by atoms with Crippen molar-refractivity contribution in [1.29, 1.82) is 0 Å². The van der Waals surface area contributed by atoms with Gasteiger partial charge >= 0.3 is 6.09 Å². The summed E-state index contributed by atoms with van der Waals surface area (Å²) in [5, 5.41) is 0.711. The monoisotopic (exact) mass is 576 g/mol. The minimum Gasteiger partial charge on any atom is -0.497 e. The molecule has 2 saturated heterocycles. The molecule has 0 aliphatic carbocycles. The molecule has 2 fully saturated rings. The van der Waals surface area contributed by atoms with Gasteiger partial charge in [-0.1, -0.05) is 23.4 Å². The second-order valence-corrected chi connectivity index (χ2v) is 10.5. The molecular weight excluding hydrogens is 544 g/mol. The van der Waals surface area contributed by atoms with Gasteiger partial charge in [0.1, 0.15) is 16.7 Å². The van der Waals surface area contributed by atoms with Gasteiger partial charge in [0.2, 0.25) is 5.91 Å². The number of hydrogen-bond donors (Lipinski definition) is 0. The van der Waals surface area contributed by atoms with Crippen molar-refractivity contribution in [3.63, 3.8) is 0 Å². The van der Waals surface area contributed by atoms with Crippen LogP contribution in [0.25, 0.3) is 0 Å². The second kappa shape index (κ2) is 13.2. The number of rotatable bonds is 7. The predicted octanol–water partition coefficient (Wildman–Crippen LogP) is 2.88. The number of methoxy groups -OCH3 is 1. The van der Waals surface area contributed by atoms with Crippen LogP contribution in [0.1, 0.15) is 24.2 Å². The summed E-state index contributed by atoms with van der Waals surface area (Å²) in [4.78, 5) is 53.9. The van der Waals surface area contributed by atoms with Gasteiger partial charge in [-0.15, -0.1) is 0 Å². The van der Waals surface area contributed by atoms with Gasteiger partial charge in [0, 0.05) is 63.5 Å². The van der Waals surface area contributed by atoms with Crippen molar-refractivity contribution in [2.24, 2.45) is 0 Å². The zero-order chi connectivity index (χ0) is 27.9. The average molecular weight is 577 g/mol. The Hall–Kier alpha value is -3.25. The van der Waals surface area contributed by atoms with Crippen LogP contribution in [0, 0.1) is 0 Å². The highest BCUT2D eigenvalue weighted by Gasteiger charge is 2.30. The molecule has 2 aliphatic heterocycles. The van der Waals surface area contributed by atoms with Crippen molar-refractivity contribution in [2.75, 3.05) is 70.2 Å². The van der Waals surface area contributed by atoms with Crippen molar-refractivity contribution < 1.29 is 23.9 Å². The molecule has 210 valence electrons. The molecule has 39 heavy (non-hydrogen) atoms. The summed E-state index contributed by atoms with van der Waals surface area (Å²) in [5.74, 6) is 1.46. The SMILES string of the molecule is CCOC(=O)N1CCN(C(=O)CSc2nc(Cl)cc(N3CCN(C(=O)c4ccc(OC)cc4)C(C)C3)n2)CC1. The third kappa shape index (κ3) is 7.24. The number of carbonyl (C=O) groups excluding carboxylic acids is 3. The molecule has 0 bridgehead atoms. The van der Waals surface area contributed by atoms with E-state index in [0.29, 0.717) is 79.9 Å². The number of halogens is 1. The first-order valence-corrected chi connectivity index (χ1v) is 14.2. The molecule has 0 radical (unpaired) electrons. The maximum absolute atomic E-state index is 13.1. The van der Waals surface area contributed by atoms with E-state index >= 15 is 0 Å². The molecule has 1 atom stereocenters. The molecule has 11 nitrogen and oxygen atoms in total. The highest BCUT2D eigenvalue weighted by Crippen LogP contribution is 2.25. The van der Waals surface area contributed by atoms with Crippen LogP contribution in [0.15, 0.2) is 35.5 Å². The normalized spacial score (nSPS) is 17.7. The van der Waals surface area contributed by atoms with E-state index in [9.17, 15) is 14.4 Å². The van der Waals surface area contributed by atoms with Crippen LogP contribution in [0.5, 0.6) is 5.75 Å². The lowest BCUT2D eigenvalue weighted by Gasteiger charge is -2.40. The molecule has 0 spiro atoms. The Morgan fingerprint density at radius 3 is 2.36 bits per heavy atom. The lowest BCUT2D eigenvalue weighted by Crippen LogP contribution is -2.54. The van der Waals surface area contributed by atoms with Gasteiger partial charge < -0.3 is 29.1 Å². The number of piperazine rings is 2. The van der Waals surface area contributed by atoms with Gasteiger partial charge in [0.05, 0.1) is 19.5 Å². The van der Waals surface area contributed by atoms with Crippen LogP contribution in [0.4, 0.5) is 10.6 Å². The summed E-state index contributed by atoms with van der Waals surface area (Å²) in [6, 6.07) is 8.77. The van der Waals surface area contributed by atoms with Gasteiger partial charge in [0.25, 0.3) is 5.91 Å². The van der Waals surface area contributed by atoms with E-state index in [2.05, 4.69) is 14.9 Å². The van der Waals surface area contributed by atoms with Crippen molar-refractivity contribution in [3.8, 4) is 5.75 Å². The van der Waals surface area contributed by atoms with E-state index in [4.69, 9.17) is 21.1 Å². The quantitative estimate of drug-likeness (QED) is 0.279. The highest BCUT2D eigenvalue weighted by atomic mass is 35.5. The first kappa shape index (κ1) is 28.8. The number of amides is 3. The van der Waals surface area contributed by atoms with Crippen LogP contribution in [0.2, 0.25) is 5.15 Å². The number of thioether (sulfide) groups is 1. The topological polar surface area (TPSA) is 108 Å². The molecule has 1 aromatic heterocycles. The van der Waals surface area contributed by atoms with Crippen LogP contribution in [0.3, 0.4) is 0 Å². The number of anilines is 1. The van der Waals surface area contributed by atoms with Crippen molar-refractivity contribution in [1.82, 2.24) is 24.7 Å². The minimum absolute atomic E-state index is 0.0247. The molecular formula is C26H33ClN6O5S. The van der Waals surface area contributed by atoms with Crippen LogP contribution in [-0.2, 0) is 9.53 Å². The third-order valence-electron chi connectivity index (χ3n) is 6.69. The summed E-state index contributed by atoms with van der Waals surface area (Å²) < 4.78 is 10.2. The fourth-order valence-corrected chi connectivity index (χ4v) is 5.53. The Bertz CT molecular complexity index is 1180. The van der Waals surface area contributed by atoms with Gasteiger partial charge in [-0.3, -0.25) is 9.59 Å². The first-order chi connectivity index (χ1) is 18.8. The summed E-state index contributed by atoms with van der Waals surface area (Å²) >= 11 is 7.55. The van der Waals surface area contributed by atoms with E-state index < -0.39 is 0 Å². The second-order valence-electron chi connectivity index (χ2n) is 9.21. The maximum atomic E-state index is 13.1. The minimum atomic E-state index is -0.348. The van der Waals surface area contributed by atoms with Crippen molar-refractivity contribution in [3.05, 3.63) is 41.0 Å². The Morgan fingerprint density at radius 1 is 1.03 bits per heavy atom. The fourth-order valence-electron chi connectivity index (χ4n) is 4.55. The van der Waals surface area contributed by atoms with E-state index in [1.165, 1.54) is 11.8 Å². The summed E-state index contributed by atoms with van der Waals surface area (Å²) in [6.45, 7) is 7.61. The molecule has 13 heteroatoms. The Balaban J connectivity index is 1.31. The van der Waals surface area contributed by atoms with Crippen LogP contribution < -0.4 is 9.64 Å². The third-order valence-corrected chi connectivity index (χ3v) is 7.72. The molecule has 1 unspecified atom stereocenters. The molecule has 3 amide bonds. The molecule has 1 aromatic carbocycles. The number of aromatic nitrogens is 2. The summed E-state index contributed by atoms with van der Waals surface area (Å²) in [6.07, 6.45) is -0.348. The van der Waals surface area contributed by atoms with Crippen LogP contribution in [-0.4, -0.2) is 114 Å². The number of nitrogens with zero attached hydrogens (tertiary/aromatic N) is 6. The van der Waals surface area contributed by atoms with E-state index in [1.54, 1.807) is 54.2 Å². The Kier molecular flexibility index (Phi) is 9.73. The molecule has 2 aliphatic rings. The van der Waals surface area contributed by atoms with Gasteiger partial charge in [0.15, 0.2) is 5.16 Å². The summed E-state index contributed by atoms with van der Waals surface area (Å²) in [5.41, 5.74) is 0.617. The largest absolute Gasteiger partial charge is 0.497 e. The maximum Gasteiger partial charge on any atom is 0.409 e. The molecule has 0 saturated carbocycles. The Morgan fingerprint density at radius 2 is 1.72 bits per heavy atom. The van der Waals surface area contributed by atoms with E-state index in [-0.39, 0.29) is 29.7 Å². The standard InChI is InChI=1S/C26H33ClN6O5S/c1-4-38-26(36)31-11-9-30(10-12-31)23(34)17-39-25-28-21(27)15-22(29-25)32-13-14-33(18(2)16-32)24(35)19-5-7-20(37-3)8-6-19/h5-8,15,18H,4,9-14,16-17H2,1-3H3. The first-order valence-electron chi connectivity index (χ1n) is 12.9. The Labute approximate surface area is 237 Å². The van der Waals surface area contributed by atoms with Gasteiger partial charge in [-0.25, -0.2) is 14.8 Å². The predicted molar refractivity (Wildman–Crippen MR) is 149 cm³/mol. The highest BCUT2D eigenvalue weighted by molar-refractivity contribution is 7.99. The van der Waals surface area contributed by atoms with Crippen molar-refractivity contribution >= 4 is 47.1 Å². The number of ether oxygens (including phenoxy) is 2. The number of benzene rings is 1. The van der Waals surface area contributed by atoms with E-state index in [0.717, 1.165) is 0 Å².